The second-order valence-electron chi connectivity index (χ2n) is 26.4. The Morgan fingerprint density at radius 2 is 0.576 bits per heavy atom. The van der Waals surface area contributed by atoms with Gasteiger partial charge in [-0.3, -0.25) is 71.6 Å². The van der Waals surface area contributed by atoms with Gasteiger partial charge in [0.1, 0.15) is 61.3 Å². The lowest BCUT2D eigenvalue weighted by Crippen LogP contribution is -2.35. The van der Waals surface area contributed by atoms with E-state index in [1.165, 1.54) is 14.7 Å². The topological polar surface area (TPSA) is 242 Å². The van der Waals surface area contributed by atoms with Crippen LogP contribution >= 0.6 is 140 Å². The molecular formula is C87H63N7O12S12. The molecule has 0 atom stereocenters. The predicted molar refractivity (Wildman–Crippen MR) is 497 cm³/mol. The Hall–Kier alpha value is -10.9. The van der Waals surface area contributed by atoms with Crippen molar-refractivity contribution in [3.63, 3.8) is 0 Å². The number of aliphatic carboxylic acids is 3. The summed E-state index contributed by atoms with van der Waals surface area (Å²) in [4.78, 5) is 130. The summed E-state index contributed by atoms with van der Waals surface area (Å²) in [5, 5.41) is 29.1. The van der Waals surface area contributed by atoms with Crippen LogP contribution in [-0.2, 0) is 48.4 Å². The number of hydrogen-bond donors (Lipinski definition) is 3. The van der Waals surface area contributed by atoms with Gasteiger partial charge in [-0.25, -0.2) is 0 Å². The molecule has 3 aliphatic heterocycles. The molecule has 3 fully saturated rings. The lowest BCUT2D eigenvalue weighted by molar-refractivity contribution is -0.138. The zero-order valence-corrected chi connectivity index (χ0v) is 72.1. The van der Waals surface area contributed by atoms with Crippen molar-refractivity contribution < 1.29 is 44.1 Å². The van der Waals surface area contributed by atoms with Gasteiger partial charge in [0.05, 0.1) is 13.6 Å². The molecule has 590 valence electrons. The van der Waals surface area contributed by atoms with Crippen LogP contribution in [0.25, 0.3) is 101 Å². The molecule has 118 heavy (non-hydrogen) atoms. The van der Waals surface area contributed by atoms with Crippen LogP contribution in [0.1, 0.15) is 68.8 Å². The van der Waals surface area contributed by atoms with Gasteiger partial charge >= 0.3 is 17.9 Å². The molecule has 0 unspecified atom stereocenters. The number of carboxylic acids is 3. The molecule has 12 aromatic rings. The van der Waals surface area contributed by atoms with Gasteiger partial charge in [0.25, 0.3) is 34.4 Å². The zero-order valence-electron chi connectivity index (χ0n) is 62.3. The second kappa shape index (κ2) is 35.7. The summed E-state index contributed by atoms with van der Waals surface area (Å²) in [7, 11) is 0. The highest BCUT2D eigenvalue weighted by molar-refractivity contribution is 8.31. The molecule has 3 amide bonds. The van der Waals surface area contributed by atoms with Crippen LogP contribution in [0.4, 0.5) is 17.1 Å². The highest BCUT2D eigenvalue weighted by Gasteiger charge is 2.36. The molecule has 0 saturated carbocycles. The van der Waals surface area contributed by atoms with Gasteiger partial charge in [0.15, 0.2) is 0 Å². The average molecular weight is 1780 g/mol. The number of nitrogens with zero attached hydrogens (tertiary/aromatic N) is 7. The van der Waals surface area contributed by atoms with Gasteiger partial charge < -0.3 is 20.2 Å². The number of amides is 3. The fourth-order valence-corrected chi connectivity index (χ4v) is 23.6. The smallest absolute Gasteiger partial charge is 0.323 e. The summed E-state index contributed by atoms with van der Waals surface area (Å²) in [6.07, 6.45) is 17.6. The van der Waals surface area contributed by atoms with Gasteiger partial charge in [-0.05, 0) is 180 Å². The summed E-state index contributed by atoms with van der Waals surface area (Å²) < 4.78 is 6.14. The fourth-order valence-electron chi connectivity index (χ4n) is 13.0. The van der Waals surface area contributed by atoms with E-state index in [0.717, 1.165) is 179 Å². The molecular weight excluding hydrogens is 1720 g/mol. The van der Waals surface area contributed by atoms with E-state index in [1.807, 2.05) is 72.8 Å². The number of carboxylic acid groups (broad SMARTS) is 3. The Morgan fingerprint density at radius 3 is 0.805 bits per heavy atom. The van der Waals surface area contributed by atoms with Gasteiger partial charge in [0, 0.05) is 66.0 Å². The Kier molecular flexibility index (Phi) is 24.9. The third-order valence-corrected chi connectivity index (χ3v) is 30.2. The van der Waals surface area contributed by atoms with E-state index in [4.69, 9.17) is 36.7 Å². The summed E-state index contributed by atoms with van der Waals surface area (Å²) in [5.41, 5.74) is 9.42. The van der Waals surface area contributed by atoms with Crippen LogP contribution < -0.4 is 49.2 Å². The standard InChI is InChI=1S/C87H63N7O12S12/c1-4-88-79(104)73(116-85(88)107)82-91(46-70(95)96)76(101)67(113-82)43-52-7-22-55(23-8-52)64-40-37-61(110-64)34-19-49-13-28-58(29-14-49)94(59-30-15-50(16-31-59)20-35-62-38-41-65(111-62)56-24-9-53(10-25-56)44-68-77(102)92(47-71(97)98)83(114-68)74-80(105)89(5-2)86(108)117-74)60-32-17-51(18-33-60)21-36-63-39-42-66(112-63)57-26-11-54(12-27-57)45-69-78(103)93(48-72(99)100)84(115-69)75-81(106)90(6-3)87(109)118-75/h7-45H,4-6,46-48H2,1-3H3,(H,95,96)(H,97,98)(H,99,100)/b34-19+,35-20+,36-21+,67-43+,68-44+,69-45+,82-73-,83-74-,84-75-. The monoisotopic (exact) mass is 1780 g/mol. The second-order valence-corrected chi connectivity index (χ2v) is 37.8. The van der Waals surface area contributed by atoms with E-state index in [2.05, 4.69) is 151 Å². The first-order chi connectivity index (χ1) is 57.0. The van der Waals surface area contributed by atoms with E-state index < -0.39 is 54.2 Å². The normalized spacial score (nSPS) is 15.9. The number of benzene rings is 6. The van der Waals surface area contributed by atoms with E-state index in [1.54, 1.807) is 73.0 Å². The van der Waals surface area contributed by atoms with E-state index in [0.29, 0.717) is 46.2 Å². The molecule has 0 radical (unpaired) electrons. The minimum absolute atomic E-state index is 0.242. The van der Waals surface area contributed by atoms with Crippen LogP contribution in [0.2, 0.25) is 0 Å². The molecule has 19 nitrogen and oxygen atoms in total. The molecule has 0 bridgehead atoms. The molecule has 3 N–H and O–H groups in total. The maximum Gasteiger partial charge on any atom is 0.323 e. The Bertz CT molecular complexity index is 6190. The van der Waals surface area contributed by atoms with Crippen LogP contribution in [0, 0.1) is 0 Å². The summed E-state index contributed by atoms with van der Waals surface area (Å²) in [6.45, 7) is 4.68. The van der Waals surface area contributed by atoms with Crippen molar-refractivity contribution in [1.82, 2.24) is 28.4 Å². The fraction of sp³-hybridized carbons (Fsp3) is 0.103. The van der Waals surface area contributed by atoms with Crippen LogP contribution in [0.3, 0.4) is 0 Å². The van der Waals surface area contributed by atoms with Crippen LogP contribution in [0.15, 0.2) is 196 Å². The van der Waals surface area contributed by atoms with Crippen molar-refractivity contribution in [2.45, 2.75) is 40.4 Å². The Balaban J connectivity index is 0.655. The quantitative estimate of drug-likeness (QED) is 0.0476. The highest BCUT2D eigenvalue weighted by atomic mass is 32.2. The number of thiazole rings is 3. The molecule has 3 saturated heterocycles. The van der Waals surface area contributed by atoms with E-state index in [9.17, 15) is 58.5 Å². The van der Waals surface area contributed by atoms with Crippen LogP contribution in [0.5, 0.6) is 0 Å². The maximum absolute atomic E-state index is 13.6. The van der Waals surface area contributed by atoms with Crippen molar-refractivity contribution >= 4 is 275 Å². The summed E-state index contributed by atoms with van der Waals surface area (Å²) in [6, 6.07) is 60.9. The molecule has 6 aromatic heterocycles. The molecule has 15 rings (SSSR count). The third kappa shape index (κ3) is 17.8. The van der Waals surface area contributed by atoms with Crippen molar-refractivity contribution in [2.75, 3.05) is 24.5 Å². The highest BCUT2D eigenvalue weighted by Crippen LogP contribution is 2.39. The maximum atomic E-state index is 13.6. The van der Waals surface area contributed by atoms with Gasteiger partial charge in [-0.15, -0.1) is 68.0 Å². The molecule has 9 heterocycles. The lowest BCUT2D eigenvalue weighted by Gasteiger charge is -2.26. The number of aromatic nitrogens is 3. The minimum atomic E-state index is -1.20. The number of anilines is 3. The third-order valence-electron chi connectivity index (χ3n) is 18.8. The van der Waals surface area contributed by atoms with Crippen molar-refractivity contribution in [1.29, 1.82) is 0 Å². The lowest BCUT2D eigenvalue weighted by atomic mass is 10.1. The predicted octanol–water partition coefficient (Wildman–Crippen LogP) is 14.2. The molecule has 31 heteroatoms. The first-order valence-corrected chi connectivity index (χ1v) is 44.9. The Morgan fingerprint density at radius 1 is 0.331 bits per heavy atom. The average Bonchev–Trinajstić information content (AvgIpc) is 1.61. The molecule has 3 aliphatic rings. The largest absolute Gasteiger partial charge is 0.480 e. The van der Waals surface area contributed by atoms with E-state index in [-0.39, 0.29) is 46.4 Å². The van der Waals surface area contributed by atoms with Crippen LogP contribution in [-0.4, -0.2) is 112 Å². The summed E-state index contributed by atoms with van der Waals surface area (Å²) in [5.74, 6) is -4.66. The first-order valence-electron chi connectivity index (χ1n) is 36.4. The van der Waals surface area contributed by atoms with Gasteiger partial charge in [-0.2, -0.15) is 0 Å². The first kappa shape index (κ1) is 82.2. The van der Waals surface area contributed by atoms with Gasteiger partial charge in [-0.1, -0.05) is 199 Å². The number of thiocarbonyl (C=S) groups is 3. The SMILES string of the molecule is CCN1C(=O)/C(=c2/s/c(=C/c3ccc(-c4ccc(/C=C/c5ccc(N(c6ccc(/C=C/c7ccc(-c8ccc(/C=c9/s/c(=C%10\SC(=S)N(CC)C%10=O)n(CC(=O)O)c9=O)cc8)s7)cc6)c6ccc(/C=C/c7ccc(-c8ccc(/C=c9/s/c(=C%10\SC(=S)N(CC)C%10=O)n(CC(=O)O)c9=O)cc8)s7)cc6)cc5)s4)cc3)c(=O)n2CC(=O)O)SC1=S. The molecule has 0 spiro atoms. The number of carbonyl (C=O) groups excluding carboxylic acids is 3. The van der Waals surface area contributed by atoms with Crippen molar-refractivity contribution in [3.05, 3.63) is 289 Å². The zero-order chi connectivity index (χ0) is 82.7. The summed E-state index contributed by atoms with van der Waals surface area (Å²) >= 11 is 27.5. The number of rotatable bonds is 24. The van der Waals surface area contributed by atoms with Crippen molar-refractivity contribution in [3.8, 4) is 31.3 Å². The van der Waals surface area contributed by atoms with Crippen molar-refractivity contribution in [2.24, 2.45) is 0 Å². The Labute approximate surface area is 725 Å². The number of thiophene rings is 3. The minimum Gasteiger partial charge on any atom is -0.480 e. The molecule has 0 aliphatic carbocycles. The van der Waals surface area contributed by atoms with E-state index >= 15 is 0 Å². The number of hydrogen-bond acceptors (Lipinski definition) is 22. The number of carbonyl (C=O) groups is 6. The number of thioether (sulfide) groups is 3. The molecule has 6 aromatic carbocycles. The van der Waals surface area contributed by atoms with Gasteiger partial charge in [0.2, 0.25) is 0 Å².